The highest BCUT2D eigenvalue weighted by Gasteiger charge is 2.66. The minimum atomic E-state index is -1.92. The maximum Gasteiger partial charge on any atom is 0.297 e. The summed E-state index contributed by atoms with van der Waals surface area (Å²) in [5.41, 5.74) is 2.13. The van der Waals surface area contributed by atoms with Crippen LogP contribution in [0.4, 0.5) is 10.8 Å². The fraction of sp³-hybridized carbons (Fsp3) is 0.139. The quantitative estimate of drug-likeness (QED) is 0.124. The first-order valence-electron chi connectivity index (χ1n) is 15.1. The monoisotopic (exact) mass is 744 g/mol. The van der Waals surface area contributed by atoms with Crippen LogP contribution >= 0.6 is 57.9 Å². The molecule has 6 aromatic rings. The maximum atomic E-state index is 15.2. The van der Waals surface area contributed by atoms with Crippen LogP contribution in [0.3, 0.4) is 0 Å². The lowest BCUT2D eigenvalue weighted by Gasteiger charge is -2.32. The van der Waals surface area contributed by atoms with Crippen molar-refractivity contribution >= 4 is 91.5 Å². The van der Waals surface area contributed by atoms with Gasteiger partial charge in [-0.15, -0.1) is 10.2 Å². The fourth-order valence-electron chi connectivity index (χ4n) is 6.50. The number of fused-ring (bicyclic) bond motifs is 5. The van der Waals surface area contributed by atoms with Gasteiger partial charge in [0.2, 0.25) is 10.9 Å². The SMILES string of the molecule is Cc1cc2oc3c(c(=O)c2cc1C)C1(C(=O)N(Cc2ccccc2Cl)c2ccccc21)N(c1nnc(SCc2ccc(Cl)cc2Cl)s1)C3=O. The molecule has 1 spiro atoms. The van der Waals surface area contributed by atoms with E-state index in [4.69, 9.17) is 39.2 Å². The molecule has 2 aliphatic rings. The van der Waals surface area contributed by atoms with Crippen LogP contribution in [0.2, 0.25) is 15.1 Å². The molecule has 0 N–H and O–H groups in total. The summed E-state index contributed by atoms with van der Waals surface area (Å²) in [7, 11) is 0. The van der Waals surface area contributed by atoms with E-state index >= 15 is 4.79 Å². The summed E-state index contributed by atoms with van der Waals surface area (Å²) >= 11 is 21.6. The standard InChI is InChI=1S/C36H23Cl3N4O4S2/c1-18-13-23-28(14-19(18)2)47-31-29(30(23)44)36(24-8-4-6-10-27(24)42(33(36)46)16-20-7-3-5-9-25(20)38)43(32(31)45)34-40-41-35(49-34)48-17-21-11-12-22(37)15-26(21)39/h3-15H,16-17H2,1-2H3. The second kappa shape index (κ2) is 12.0. The Labute approximate surface area is 303 Å². The largest absolute Gasteiger partial charge is 0.450 e. The topological polar surface area (TPSA) is 96.6 Å². The van der Waals surface area contributed by atoms with Crippen LogP contribution < -0.4 is 15.2 Å². The van der Waals surface area contributed by atoms with E-state index in [1.54, 1.807) is 53.4 Å². The molecular formula is C36H23Cl3N4O4S2. The number of amides is 2. The number of hydrogen-bond donors (Lipinski definition) is 0. The predicted molar refractivity (Wildman–Crippen MR) is 195 cm³/mol. The second-order valence-electron chi connectivity index (χ2n) is 11.8. The number of benzene rings is 4. The lowest BCUT2D eigenvalue weighted by Crippen LogP contribution is -2.53. The minimum absolute atomic E-state index is 0.0512. The van der Waals surface area contributed by atoms with Gasteiger partial charge in [0.05, 0.1) is 23.2 Å². The Morgan fingerprint density at radius 1 is 0.857 bits per heavy atom. The zero-order valence-corrected chi connectivity index (χ0v) is 29.7. The number of carbonyl (C=O) groups excluding carboxylic acids is 2. The normalized spacial score (nSPS) is 16.7. The van der Waals surface area contributed by atoms with Crippen LogP contribution in [0.25, 0.3) is 11.0 Å². The lowest BCUT2D eigenvalue weighted by atomic mass is 9.84. The molecule has 8 nitrogen and oxygen atoms in total. The minimum Gasteiger partial charge on any atom is -0.450 e. The van der Waals surface area contributed by atoms with Crippen molar-refractivity contribution in [2.75, 3.05) is 9.80 Å². The summed E-state index contributed by atoms with van der Waals surface area (Å²) in [4.78, 5) is 47.4. The average Bonchev–Trinajstić information content (AvgIpc) is 3.71. The van der Waals surface area contributed by atoms with Crippen molar-refractivity contribution in [1.29, 1.82) is 0 Å². The van der Waals surface area contributed by atoms with Gasteiger partial charge in [0, 0.05) is 26.4 Å². The summed E-state index contributed by atoms with van der Waals surface area (Å²) in [5.74, 6) is -0.917. The molecule has 0 saturated carbocycles. The molecule has 49 heavy (non-hydrogen) atoms. The molecule has 244 valence electrons. The van der Waals surface area contributed by atoms with E-state index in [-0.39, 0.29) is 34.0 Å². The fourth-order valence-corrected chi connectivity index (χ4v) is 9.15. The van der Waals surface area contributed by atoms with Gasteiger partial charge >= 0.3 is 0 Å². The van der Waals surface area contributed by atoms with Gasteiger partial charge in [-0.3, -0.25) is 19.3 Å². The smallest absolute Gasteiger partial charge is 0.297 e. The second-order valence-corrected chi connectivity index (χ2v) is 15.2. The molecule has 2 aliphatic heterocycles. The highest BCUT2D eigenvalue weighted by Crippen LogP contribution is 2.55. The predicted octanol–water partition coefficient (Wildman–Crippen LogP) is 8.96. The molecule has 0 radical (unpaired) electrons. The average molecular weight is 746 g/mol. The maximum absolute atomic E-state index is 15.2. The van der Waals surface area contributed by atoms with E-state index in [9.17, 15) is 9.59 Å². The van der Waals surface area contributed by atoms with E-state index in [1.165, 1.54) is 16.7 Å². The van der Waals surface area contributed by atoms with Crippen molar-refractivity contribution in [3.05, 3.63) is 143 Å². The number of aromatic nitrogens is 2. The molecule has 0 fully saturated rings. The number of carbonyl (C=O) groups is 2. The van der Waals surface area contributed by atoms with E-state index in [2.05, 4.69) is 10.2 Å². The first-order chi connectivity index (χ1) is 23.6. The molecule has 4 heterocycles. The molecular weight excluding hydrogens is 723 g/mol. The zero-order valence-electron chi connectivity index (χ0n) is 25.8. The van der Waals surface area contributed by atoms with E-state index in [1.807, 2.05) is 44.2 Å². The van der Waals surface area contributed by atoms with E-state index in [0.717, 1.165) is 28.0 Å². The molecule has 1 unspecified atom stereocenters. The number of thioether (sulfide) groups is 1. The Hall–Kier alpha value is -4.19. The Balaban J connectivity index is 1.32. The van der Waals surface area contributed by atoms with Gasteiger partial charge in [-0.2, -0.15) is 0 Å². The number of para-hydroxylation sites is 1. The molecule has 0 bridgehead atoms. The van der Waals surface area contributed by atoms with Crippen LogP contribution in [-0.2, 0) is 22.6 Å². The Bertz CT molecular complexity index is 2450. The molecule has 1 atom stereocenters. The third-order valence-electron chi connectivity index (χ3n) is 8.98. The molecule has 8 rings (SSSR count). The van der Waals surface area contributed by atoms with Gasteiger partial charge < -0.3 is 9.32 Å². The van der Waals surface area contributed by atoms with Crippen molar-refractivity contribution in [2.24, 2.45) is 0 Å². The van der Waals surface area contributed by atoms with Crippen LogP contribution in [0, 0.1) is 13.8 Å². The number of anilines is 2. The zero-order chi connectivity index (χ0) is 34.2. The van der Waals surface area contributed by atoms with Crippen LogP contribution in [-0.4, -0.2) is 22.0 Å². The lowest BCUT2D eigenvalue weighted by molar-refractivity contribution is -0.121. The summed E-state index contributed by atoms with van der Waals surface area (Å²) in [6, 6.07) is 23.1. The summed E-state index contributed by atoms with van der Waals surface area (Å²) in [5, 5.41) is 10.7. The number of halogens is 3. The van der Waals surface area contributed by atoms with Crippen molar-refractivity contribution < 1.29 is 14.0 Å². The van der Waals surface area contributed by atoms with Gasteiger partial charge in [0.15, 0.2) is 15.3 Å². The van der Waals surface area contributed by atoms with Crippen molar-refractivity contribution in [3.63, 3.8) is 0 Å². The van der Waals surface area contributed by atoms with E-state index < -0.39 is 22.8 Å². The van der Waals surface area contributed by atoms with E-state index in [0.29, 0.717) is 42.0 Å². The van der Waals surface area contributed by atoms with Gasteiger partial charge in [0.1, 0.15) is 5.58 Å². The third kappa shape index (κ3) is 4.92. The van der Waals surface area contributed by atoms with Gasteiger partial charge in [-0.1, -0.05) is 100 Å². The number of rotatable bonds is 6. The van der Waals surface area contributed by atoms with Gasteiger partial charge in [-0.25, -0.2) is 0 Å². The molecule has 13 heteroatoms. The Kier molecular flexibility index (Phi) is 7.84. The van der Waals surface area contributed by atoms with Gasteiger partial charge in [-0.05, 0) is 72.5 Å². The Morgan fingerprint density at radius 2 is 1.61 bits per heavy atom. The summed E-state index contributed by atoms with van der Waals surface area (Å²) < 4.78 is 6.82. The first-order valence-corrected chi connectivity index (χ1v) is 18.0. The molecule has 0 saturated heterocycles. The van der Waals surface area contributed by atoms with Crippen molar-refractivity contribution in [1.82, 2.24) is 10.2 Å². The highest BCUT2D eigenvalue weighted by atomic mass is 35.5. The van der Waals surface area contributed by atoms with Crippen LogP contribution in [0.1, 0.15) is 43.9 Å². The number of hydrogen-bond acceptors (Lipinski definition) is 8. The first kappa shape index (κ1) is 32.0. The summed E-state index contributed by atoms with van der Waals surface area (Å²) in [6.07, 6.45) is 0. The van der Waals surface area contributed by atoms with Gasteiger partial charge in [0.25, 0.3) is 11.8 Å². The molecule has 0 aliphatic carbocycles. The highest BCUT2D eigenvalue weighted by molar-refractivity contribution is 8.00. The van der Waals surface area contributed by atoms with Crippen molar-refractivity contribution in [2.45, 2.75) is 36.0 Å². The third-order valence-corrected chi connectivity index (χ3v) is 12.0. The number of aryl methyl sites for hydroxylation is 2. The number of nitrogens with zero attached hydrogens (tertiary/aromatic N) is 4. The molecule has 2 amide bonds. The van der Waals surface area contributed by atoms with Crippen LogP contribution in [0.5, 0.6) is 0 Å². The molecule has 2 aromatic heterocycles. The molecule has 4 aromatic carbocycles. The summed E-state index contributed by atoms with van der Waals surface area (Å²) in [6.45, 7) is 3.90. The Morgan fingerprint density at radius 3 is 2.41 bits per heavy atom. The van der Waals surface area contributed by atoms with Crippen LogP contribution in [0.15, 0.2) is 92.4 Å². The van der Waals surface area contributed by atoms with Crippen molar-refractivity contribution in [3.8, 4) is 0 Å².